The van der Waals surface area contributed by atoms with E-state index in [4.69, 9.17) is 5.73 Å². The molecule has 6 heteroatoms. The quantitative estimate of drug-likeness (QED) is 0.630. The molecule has 0 aliphatic heterocycles. The van der Waals surface area contributed by atoms with Crippen LogP contribution in [0.15, 0.2) is 12.4 Å². The van der Waals surface area contributed by atoms with E-state index in [-0.39, 0.29) is 6.04 Å². The predicted molar refractivity (Wildman–Crippen MR) is 44.7 cm³/mol. The fourth-order valence-corrected chi connectivity index (χ4v) is 0.913. The molecule has 0 saturated heterocycles. The van der Waals surface area contributed by atoms with Gasteiger partial charge in [-0.3, -0.25) is 4.79 Å². The molecule has 13 heavy (non-hydrogen) atoms. The van der Waals surface area contributed by atoms with Crippen molar-refractivity contribution >= 4 is 5.97 Å². The number of nitrogens with two attached hydrogens (primary N) is 1. The first-order chi connectivity index (χ1) is 6.16. The van der Waals surface area contributed by atoms with Crippen LogP contribution in [0.5, 0.6) is 0 Å². The van der Waals surface area contributed by atoms with Crippen LogP contribution in [-0.2, 0) is 9.53 Å². The van der Waals surface area contributed by atoms with E-state index in [1.807, 2.05) is 0 Å². The lowest BCUT2D eigenvalue weighted by molar-refractivity contribution is -0.143. The molecule has 0 aliphatic carbocycles. The molecule has 0 saturated carbocycles. The van der Waals surface area contributed by atoms with Gasteiger partial charge in [-0.25, -0.2) is 0 Å². The van der Waals surface area contributed by atoms with E-state index in [1.54, 1.807) is 6.92 Å². The van der Waals surface area contributed by atoms with Gasteiger partial charge in [0.1, 0.15) is 6.04 Å². The maximum Gasteiger partial charge on any atom is 0.324 e. The molecule has 2 N–H and O–H groups in total. The highest BCUT2D eigenvalue weighted by Gasteiger charge is 2.23. The molecule has 0 radical (unpaired) electrons. The SMILES string of the molecule is COC(=O)[C@H](N)[C@H](C)n1nccn1. The number of carbonyl (C=O) groups is 1. The van der Waals surface area contributed by atoms with Crippen LogP contribution in [0.1, 0.15) is 13.0 Å². The van der Waals surface area contributed by atoms with E-state index in [1.165, 1.54) is 24.3 Å². The summed E-state index contributed by atoms with van der Waals surface area (Å²) in [5, 5.41) is 7.74. The Morgan fingerprint density at radius 1 is 1.54 bits per heavy atom. The topological polar surface area (TPSA) is 83.0 Å². The second-order valence-electron chi connectivity index (χ2n) is 2.64. The van der Waals surface area contributed by atoms with Crippen LogP contribution in [0.25, 0.3) is 0 Å². The van der Waals surface area contributed by atoms with E-state index in [0.717, 1.165) is 0 Å². The molecular formula is C7H12N4O2. The van der Waals surface area contributed by atoms with E-state index < -0.39 is 12.0 Å². The predicted octanol–water partition coefficient (Wildman–Crippen LogP) is -0.661. The third-order valence-corrected chi connectivity index (χ3v) is 1.79. The van der Waals surface area contributed by atoms with Gasteiger partial charge in [-0.15, -0.1) is 0 Å². The summed E-state index contributed by atoms with van der Waals surface area (Å²) in [6.45, 7) is 1.75. The number of nitrogens with zero attached hydrogens (tertiary/aromatic N) is 3. The first-order valence-electron chi connectivity index (χ1n) is 3.86. The van der Waals surface area contributed by atoms with Crippen molar-refractivity contribution in [2.45, 2.75) is 19.0 Å². The number of hydrogen-bond donors (Lipinski definition) is 1. The van der Waals surface area contributed by atoms with Crippen LogP contribution in [0, 0.1) is 0 Å². The number of carbonyl (C=O) groups excluding carboxylic acids is 1. The number of rotatable bonds is 3. The van der Waals surface area contributed by atoms with Crippen molar-refractivity contribution in [2.75, 3.05) is 7.11 Å². The smallest absolute Gasteiger partial charge is 0.324 e. The lowest BCUT2D eigenvalue weighted by Gasteiger charge is -2.16. The summed E-state index contributed by atoms with van der Waals surface area (Å²) in [5.41, 5.74) is 5.59. The summed E-state index contributed by atoms with van der Waals surface area (Å²) in [5.74, 6) is -0.468. The molecular weight excluding hydrogens is 172 g/mol. The summed E-state index contributed by atoms with van der Waals surface area (Å²) in [6, 6.07) is -1.04. The summed E-state index contributed by atoms with van der Waals surface area (Å²) >= 11 is 0. The van der Waals surface area contributed by atoms with E-state index in [2.05, 4.69) is 14.9 Å². The van der Waals surface area contributed by atoms with Gasteiger partial charge in [0.25, 0.3) is 0 Å². The van der Waals surface area contributed by atoms with Crippen molar-refractivity contribution in [3.05, 3.63) is 12.4 Å². The van der Waals surface area contributed by atoms with Crippen LogP contribution >= 0.6 is 0 Å². The normalized spacial score (nSPS) is 15.0. The maximum atomic E-state index is 11.0. The molecule has 0 aromatic carbocycles. The highest BCUT2D eigenvalue weighted by atomic mass is 16.5. The number of hydrogen-bond acceptors (Lipinski definition) is 5. The Morgan fingerprint density at radius 2 is 2.08 bits per heavy atom. The number of ether oxygens (including phenoxy) is 1. The van der Waals surface area contributed by atoms with Crippen molar-refractivity contribution in [3.63, 3.8) is 0 Å². The molecule has 0 bridgehead atoms. The van der Waals surface area contributed by atoms with Crippen LogP contribution in [0.4, 0.5) is 0 Å². The van der Waals surface area contributed by atoms with Gasteiger partial charge in [0.15, 0.2) is 0 Å². The zero-order valence-electron chi connectivity index (χ0n) is 7.54. The van der Waals surface area contributed by atoms with Crippen molar-refractivity contribution in [1.82, 2.24) is 15.0 Å². The molecule has 0 aliphatic rings. The van der Waals surface area contributed by atoms with Crippen LogP contribution in [0.3, 0.4) is 0 Å². The Kier molecular flexibility index (Phi) is 2.97. The number of methoxy groups -OCH3 is 1. The molecule has 72 valence electrons. The molecule has 2 atom stereocenters. The molecule has 0 amide bonds. The van der Waals surface area contributed by atoms with Crippen LogP contribution in [-0.4, -0.2) is 34.1 Å². The average Bonchev–Trinajstić information content (AvgIpc) is 2.67. The third kappa shape index (κ3) is 2.03. The van der Waals surface area contributed by atoms with Crippen LogP contribution < -0.4 is 5.73 Å². The van der Waals surface area contributed by atoms with Crippen molar-refractivity contribution < 1.29 is 9.53 Å². The van der Waals surface area contributed by atoms with E-state index in [9.17, 15) is 4.79 Å². The van der Waals surface area contributed by atoms with Crippen molar-refractivity contribution in [2.24, 2.45) is 5.73 Å². The minimum absolute atomic E-state index is 0.303. The second kappa shape index (κ2) is 3.99. The van der Waals surface area contributed by atoms with Crippen molar-refractivity contribution in [3.8, 4) is 0 Å². The fraction of sp³-hybridized carbons (Fsp3) is 0.571. The second-order valence-corrected chi connectivity index (χ2v) is 2.64. The lowest BCUT2D eigenvalue weighted by Crippen LogP contribution is -2.39. The molecule has 6 nitrogen and oxygen atoms in total. The molecule has 1 aromatic heterocycles. The fourth-order valence-electron chi connectivity index (χ4n) is 0.913. The van der Waals surface area contributed by atoms with Gasteiger partial charge >= 0.3 is 5.97 Å². The minimum atomic E-state index is -0.739. The Bertz CT molecular complexity index is 272. The Morgan fingerprint density at radius 3 is 2.54 bits per heavy atom. The molecule has 0 spiro atoms. The average molecular weight is 184 g/mol. The van der Waals surface area contributed by atoms with Gasteiger partial charge in [-0.1, -0.05) is 0 Å². The minimum Gasteiger partial charge on any atom is -0.468 e. The van der Waals surface area contributed by atoms with Gasteiger partial charge in [0.05, 0.1) is 25.5 Å². The Hall–Kier alpha value is -1.43. The van der Waals surface area contributed by atoms with Crippen LogP contribution in [0.2, 0.25) is 0 Å². The monoisotopic (exact) mass is 184 g/mol. The third-order valence-electron chi connectivity index (χ3n) is 1.79. The molecule has 0 unspecified atom stereocenters. The summed E-state index contributed by atoms with van der Waals surface area (Å²) in [6.07, 6.45) is 3.06. The standard InChI is InChI=1S/C7H12N4O2/c1-5(6(8)7(12)13-2)11-9-3-4-10-11/h3-6H,8H2,1-2H3/t5-,6+/m0/s1. The van der Waals surface area contributed by atoms with Gasteiger partial charge in [-0.05, 0) is 6.92 Å². The lowest BCUT2D eigenvalue weighted by atomic mass is 10.2. The highest BCUT2D eigenvalue weighted by molar-refractivity contribution is 5.75. The Labute approximate surface area is 75.7 Å². The number of esters is 1. The number of aromatic nitrogens is 3. The first-order valence-corrected chi connectivity index (χ1v) is 3.86. The first kappa shape index (κ1) is 9.66. The van der Waals surface area contributed by atoms with E-state index >= 15 is 0 Å². The van der Waals surface area contributed by atoms with Gasteiger partial charge in [0, 0.05) is 0 Å². The zero-order valence-corrected chi connectivity index (χ0v) is 7.54. The molecule has 1 heterocycles. The summed E-state index contributed by atoms with van der Waals surface area (Å²) in [4.78, 5) is 12.4. The summed E-state index contributed by atoms with van der Waals surface area (Å²) < 4.78 is 4.50. The molecule has 1 rings (SSSR count). The van der Waals surface area contributed by atoms with Crippen molar-refractivity contribution in [1.29, 1.82) is 0 Å². The Balaban J connectivity index is 2.68. The highest BCUT2D eigenvalue weighted by Crippen LogP contribution is 2.06. The molecule has 0 fully saturated rings. The van der Waals surface area contributed by atoms with Gasteiger partial charge in [0.2, 0.25) is 0 Å². The zero-order chi connectivity index (χ0) is 9.84. The van der Waals surface area contributed by atoms with E-state index in [0.29, 0.717) is 0 Å². The van der Waals surface area contributed by atoms with Gasteiger partial charge in [-0.2, -0.15) is 15.0 Å². The maximum absolute atomic E-state index is 11.0. The van der Waals surface area contributed by atoms with Gasteiger partial charge < -0.3 is 10.5 Å². The molecule has 1 aromatic rings. The largest absolute Gasteiger partial charge is 0.468 e. The summed E-state index contributed by atoms with van der Waals surface area (Å²) in [7, 11) is 1.30.